The Balaban J connectivity index is 1.72. The molecule has 1 heterocycles. The quantitative estimate of drug-likeness (QED) is 0.822. The zero-order valence-electron chi connectivity index (χ0n) is 15.2. The topological polar surface area (TPSA) is 66.0 Å². The number of ether oxygens (including phenoxy) is 4. The van der Waals surface area contributed by atoms with Gasteiger partial charge in [-0.2, -0.15) is 0 Å². The molecule has 0 saturated carbocycles. The molecule has 1 aliphatic rings. The lowest BCUT2D eigenvalue weighted by atomic mass is 10.1. The minimum Gasteiger partial charge on any atom is -0.496 e. The molecule has 2 aromatic carbocycles. The highest BCUT2D eigenvalue weighted by Gasteiger charge is 2.18. The molecule has 0 bridgehead atoms. The summed E-state index contributed by atoms with van der Waals surface area (Å²) in [6.07, 6.45) is 0. The zero-order valence-corrected chi connectivity index (χ0v) is 15.2. The first-order valence-corrected chi connectivity index (χ1v) is 8.57. The van der Waals surface area contributed by atoms with Crippen molar-refractivity contribution in [2.24, 2.45) is 0 Å². The Morgan fingerprint density at radius 3 is 2.77 bits per heavy atom. The molecule has 1 N–H and O–H groups in total. The third-order valence-corrected chi connectivity index (χ3v) is 4.25. The Hall–Kier alpha value is -2.73. The fraction of sp³-hybridized carbons (Fsp3) is 0.350. The molecular formula is C20H23NO5. The van der Waals surface area contributed by atoms with Crippen LogP contribution in [-0.4, -0.2) is 26.4 Å². The fourth-order valence-corrected chi connectivity index (χ4v) is 2.79. The predicted molar refractivity (Wildman–Crippen MR) is 96.8 cm³/mol. The molecule has 1 unspecified atom stereocenters. The average Bonchev–Trinajstić information content (AvgIpc) is 3.13. The first-order valence-electron chi connectivity index (χ1n) is 8.57. The number of carbonyl (C=O) groups is 1. The number of fused-ring (bicyclic) bond motifs is 1. The summed E-state index contributed by atoms with van der Waals surface area (Å²) in [7, 11) is 1.60. The first-order chi connectivity index (χ1) is 12.6. The number of amides is 1. The second-order valence-corrected chi connectivity index (χ2v) is 5.97. The van der Waals surface area contributed by atoms with Crippen LogP contribution in [0.1, 0.15) is 41.4 Å². The Labute approximate surface area is 153 Å². The van der Waals surface area contributed by atoms with Crippen LogP contribution >= 0.6 is 0 Å². The molecule has 0 fully saturated rings. The van der Waals surface area contributed by atoms with Crippen LogP contribution in [0.4, 0.5) is 0 Å². The van der Waals surface area contributed by atoms with Crippen LogP contribution in [0.25, 0.3) is 0 Å². The van der Waals surface area contributed by atoms with Crippen molar-refractivity contribution in [2.75, 3.05) is 20.5 Å². The summed E-state index contributed by atoms with van der Waals surface area (Å²) in [4.78, 5) is 12.6. The fourth-order valence-electron chi connectivity index (χ4n) is 2.79. The van der Waals surface area contributed by atoms with Gasteiger partial charge in [-0.25, -0.2) is 0 Å². The molecule has 138 valence electrons. The van der Waals surface area contributed by atoms with Crippen molar-refractivity contribution in [3.63, 3.8) is 0 Å². The van der Waals surface area contributed by atoms with E-state index in [9.17, 15) is 4.79 Å². The predicted octanol–water partition coefficient (Wildman–Crippen LogP) is 3.45. The maximum absolute atomic E-state index is 12.6. The van der Waals surface area contributed by atoms with Gasteiger partial charge in [-0.3, -0.25) is 4.79 Å². The van der Waals surface area contributed by atoms with Gasteiger partial charge in [0.2, 0.25) is 6.79 Å². The number of nitrogens with one attached hydrogen (secondary N) is 1. The summed E-state index contributed by atoms with van der Waals surface area (Å²) < 4.78 is 21.5. The molecule has 6 heteroatoms. The largest absolute Gasteiger partial charge is 0.496 e. The molecular weight excluding hydrogens is 334 g/mol. The van der Waals surface area contributed by atoms with Crippen molar-refractivity contribution in [2.45, 2.75) is 26.5 Å². The molecule has 26 heavy (non-hydrogen) atoms. The van der Waals surface area contributed by atoms with Gasteiger partial charge >= 0.3 is 0 Å². The summed E-state index contributed by atoms with van der Waals surface area (Å²) in [5.74, 6) is 1.98. The van der Waals surface area contributed by atoms with E-state index in [2.05, 4.69) is 5.32 Å². The Morgan fingerprint density at radius 1 is 1.19 bits per heavy atom. The normalized spacial score (nSPS) is 13.3. The van der Waals surface area contributed by atoms with Crippen LogP contribution < -0.4 is 19.5 Å². The molecule has 0 aromatic heterocycles. The third-order valence-electron chi connectivity index (χ3n) is 4.25. The highest BCUT2D eigenvalue weighted by molar-refractivity contribution is 5.94. The van der Waals surface area contributed by atoms with Gasteiger partial charge in [-0.15, -0.1) is 0 Å². The van der Waals surface area contributed by atoms with Crippen molar-refractivity contribution in [3.05, 3.63) is 53.1 Å². The van der Waals surface area contributed by atoms with Crippen molar-refractivity contribution in [1.82, 2.24) is 5.32 Å². The van der Waals surface area contributed by atoms with Crippen LogP contribution in [0.5, 0.6) is 17.2 Å². The second-order valence-electron chi connectivity index (χ2n) is 5.97. The van der Waals surface area contributed by atoms with Gasteiger partial charge < -0.3 is 24.3 Å². The minimum atomic E-state index is -0.172. The summed E-state index contributed by atoms with van der Waals surface area (Å²) >= 11 is 0. The summed E-state index contributed by atoms with van der Waals surface area (Å²) in [6.45, 7) is 5.09. The van der Waals surface area contributed by atoms with E-state index in [-0.39, 0.29) is 18.7 Å². The van der Waals surface area contributed by atoms with Crippen LogP contribution in [0.15, 0.2) is 36.4 Å². The van der Waals surface area contributed by atoms with E-state index in [1.807, 2.05) is 32.0 Å². The smallest absolute Gasteiger partial charge is 0.251 e. The number of benzene rings is 2. The molecule has 0 radical (unpaired) electrons. The van der Waals surface area contributed by atoms with E-state index in [1.165, 1.54) is 0 Å². The van der Waals surface area contributed by atoms with Gasteiger partial charge in [0.25, 0.3) is 5.91 Å². The van der Waals surface area contributed by atoms with Gasteiger partial charge in [0.05, 0.1) is 19.8 Å². The molecule has 2 aromatic rings. The Bertz CT molecular complexity index is 790. The summed E-state index contributed by atoms with van der Waals surface area (Å²) in [5, 5.41) is 3.01. The van der Waals surface area contributed by atoms with Gasteiger partial charge in [0.15, 0.2) is 11.5 Å². The van der Waals surface area contributed by atoms with Crippen molar-refractivity contribution >= 4 is 5.91 Å². The Morgan fingerprint density at radius 2 is 2.00 bits per heavy atom. The minimum absolute atomic E-state index is 0.157. The van der Waals surface area contributed by atoms with Crippen LogP contribution in [0.3, 0.4) is 0 Å². The molecule has 1 atom stereocenters. The van der Waals surface area contributed by atoms with Crippen LogP contribution in [0, 0.1) is 0 Å². The maximum Gasteiger partial charge on any atom is 0.251 e. The van der Waals surface area contributed by atoms with Crippen LogP contribution in [0.2, 0.25) is 0 Å². The molecule has 0 saturated heterocycles. The lowest BCUT2D eigenvalue weighted by Crippen LogP contribution is -2.26. The monoisotopic (exact) mass is 357 g/mol. The standard InChI is InChI=1S/C20H23NO5/c1-4-24-11-16-9-15(6-7-17(16)23-3)20(22)21-13(2)14-5-8-18-19(10-14)26-12-25-18/h5-10,13H,4,11-12H2,1-3H3,(H,21,22). The van der Waals surface area contributed by atoms with Gasteiger partial charge in [0.1, 0.15) is 5.75 Å². The molecule has 0 spiro atoms. The highest BCUT2D eigenvalue weighted by atomic mass is 16.7. The van der Waals surface area contributed by atoms with Crippen molar-refractivity contribution < 1.29 is 23.7 Å². The van der Waals surface area contributed by atoms with Crippen molar-refractivity contribution in [1.29, 1.82) is 0 Å². The van der Waals surface area contributed by atoms with E-state index in [0.717, 1.165) is 16.9 Å². The van der Waals surface area contributed by atoms with E-state index in [1.54, 1.807) is 25.3 Å². The van der Waals surface area contributed by atoms with Crippen LogP contribution in [-0.2, 0) is 11.3 Å². The maximum atomic E-state index is 12.6. The van der Waals surface area contributed by atoms with E-state index in [0.29, 0.717) is 30.3 Å². The molecule has 6 nitrogen and oxygen atoms in total. The zero-order chi connectivity index (χ0) is 18.5. The van der Waals surface area contributed by atoms with E-state index in [4.69, 9.17) is 18.9 Å². The first kappa shape index (κ1) is 18.1. The average molecular weight is 357 g/mol. The van der Waals surface area contributed by atoms with E-state index < -0.39 is 0 Å². The number of hydrogen-bond donors (Lipinski definition) is 1. The molecule has 0 aliphatic carbocycles. The molecule has 3 rings (SSSR count). The second kappa shape index (κ2) is 8.10. The Kier molecular flexibility index (Phi) is 5.63. The number of hydrogen-bond acceptors (Lipinski definition) is 5. The summed E-state index contributed by atoms with van der Waals surface area (Å²) in [5.41, 5.74) is 2.36. The van der Waals surface area contributed by atoms with Gasteiger partial charge in [-0.05, 0) is 49.7 Å². The lowest BCUT2D eigenvalue weighted by molar-refractivity contribution is 0.0939. The number of rotatable bonds is 7. The number of carbonyl (C=O) groups excluding carboxylic acids is 1. The molecule has 1 amide bonds. The van der Waals surface area contributed by atoms with E-state index >= 15 is 0 Å². The lowest BCUT2D eigenvalue weighted by Gasteiger charge is -2.16. The third kappa shape index (κ3) is 3.91. The number of methoxy groups -OCH3 is 1. The highest BCUT2D eigenvalue weighted by Crippen LogP contribution is 2.34. The van der Waals surface area contributed by atoms with Gasteiger partial charge in [0, 0.05) is 17.7 Å². The van der Waals surface area contributed by atoms with Gasteiger partial charge in [-0.1, -0.05) is 6.07 Å². The SMILES string of the molecule is CCOCc1cc(C(=O)NC(C)c2ccc3c(c2)OCO3)ccc1OC. The molecule has 1 aliphatic heterocycles. The van der Waals surface area contributed by atoms with Crippen molar-refractivity contribution in [3.8, 4) is 17.2 Å². The summed E-state index contributed by atoms with van der Waals surface area (Å²) in [6, 6.07) is 10.8.